The summed E-state index contributed by atoms with van der Waals surface area (Å²) in [6.07, 6.45) is 6.67. The number of carbonyl (C=O) groups excluding carboxylic acids is 1. The fourth-order valence-electron chi connectivity index (χ4n) is 3.70. The van der Waals surface area contributed by atoms with E-state index in [1.54, 1.807) is 0 Å². The second kappa shape index (κ2) is 6.02. The molecule has 2 unspecified atom stereocenters. The van der Waals surface area contributed by atoms with Gasteiger partial charge in [0.15, 0.2) is 0 Å². The van der Waals surface area contributed by atoms with E-state index < -0.39 is 0 Å². The summed E-state index contributed by atoms with van der Waals surface area (Å²) in [5.74, 6) is 0.978. The van der Waals surface area contributed by atoms with Gasteiger partial charge in [0.1, 0.15) is 0 Å². The Hall–Kier alpha value is -0.610. The predicted molar refractivity (Wildman–Crippen MR) is 78.5 cm³/mol. The number of amides is 1. The number of nitrogens with zero attached hydrogens (tertiary/aromatic N) is 1. The fraction of sp³-hybridized carbons (Fsp3) is 0.938. The van der Waals surface area contributed by atoms with Gasteiger partial charge in [-0.25, -0.2) is 0 Å². The molecule has 0 spiro atoms. The van der Waals surface area contributed by atoms with E-state index in [4.69, 9.17) is 4.74 Å². The van der Waals surface area contributed by atoms with Crippen LogP contribution in [0.5, 0.6) is 0 Å². The molecule has 0 aromatic rings. The minimum absolute atomic E-state index is 0.139. The molecular weight excluding hydrogens is 252 g/mol. The van der Waals surface area contributed by atoms with Crippen LogP contribution in [0.15, 0.2) is 0 Å². The Morgan fingerprint density at radius 1 is 1.40 bits per heavy atom. The Labute approximate surface area is 122 Å². The van der Waals surface area contributed by atoms with Crippen molar-refractivity contribution < 1.29 is 9.53 Å². The first kappa shape index (κ1) is 14.3. The molecule has 0 radical (unpaired) electrons. The van der Waals surface area contributed by atoms with E-state index >= 15 is 0 Å². The van der Waals surface area contributed by atoms with Gasteiger partial charge in [-0.2, -0.15) is 0 Å². The van der Waals surface area contributed by atoms with Crippen LogP contribution in [0.2, 0.25) is 0 Å². The van der Waals surface area contributed by atoms with Gasteiger partial charge in [0.2, 0.25) is 5.91 Å². The van der Waals surface area contributed by atoms with Crippen LogP contribution in [0.3, 0.4) is 0 Å². The zero-order valence-corrected chi connectivity index (χ0v) is 12.7. The van der Waals surface area contributed by atoms with E-state index in [1.807, 2.05) is 0 Å². The smallest absolute Gasteiger partial charge is 0.230 e. The molecule has 1 N–H and O–H groups in total. The second-order valence-electron chi connectivity index (χ2n) is 6.83. The highest BCUT2D eigenvalue weighted by Gasteiger charge is 2.45. The number of nitrogens with one attached hydrogen (secondary N) is 1. The second-order valence-corrected chi connectivity index (χ2v) is 6.83. The Balaban J connectivity index is 1.70. The van der Waals surface area contributed by atoms with Crippen LogP contribution in [-0.2, 0) is 9.53 Å². The lowest BCUT2D eigenvalue weighted by Crippen LogP contribution is -2.53. The molecule has 0 bridgehead atoms. The zero-order valence-electron chi connectivity index (χ0n) is 12.7. The van der Waals surface area contributed by atoms with Gasteiger partial charge in [-0.1, -0.05) is 6.92 Å². The highest BCUT2D eigenvalue weighted by Crippen LogP contribution is 2.37. The lowest BCUT2D eigenvalue weighted by atomic mass is 9.77. The van der Waals surface area contributed by atoms with Gasteiger partial charge in [-0.15, -0.1) is 0 Å². The van der Waals surface area contributed by atoms with Crippen LogP contribution >= 0.6 is 0 Å². The standard InChI is InChI=1S/C16H28N2O2/c1-2-16(7-3-8-17-12-16)15(19)18(14-4-5-14)10-13-6-9-20-11-13/h13-14,17H,2-12H2,1H3. The van der Waals surface area contributed by atoms with Crippen molar-refractivity contribution in [3.63, 3.8) is 0 Å². The molecule has 0 aromatic carbocycles. The molecule has 2 atom stereocenters. The van der Waals surface area contributed by atoms with Crippen molar-refractivity contribution in [2.24, 2.45) is 11.3 Å². The van der Waals surface area contributed by atoms with E-state index in [0.717, 1.165) is 58.5 Å². The van der Waals surface area contributed by atoms with Crippen LogP contribution in [-0.4, -0.2) is 49.7 Å². The van der Waals surface area contributed by atoms with Crippen molar-refractivity contribution in [1.82, 2.24) is 10.2 Å². The summed E-state index contributed by atoms with van der Waals surface area (Å²) < 4.78 is 5.48. The molecule has 1 aliphatic carbocycles. The lowest BCUT2D eigenvalue weighted by Gasteiger charge is -2.40. The van der Waals surface area contributed by atoms with Gasteiger partial charge in [0.25, 0.3) is 0 Å². The maximum atomic E-state index is 13.2. The molecule has 1 saturated carbocycles. The first-order valence-corrected chi connectivity index (χ1v) is 8.35. The van der Waals surface area contributed by atoms with Crippen molar-refractivity contribution in [3.8, 4) is 0 Å². The summed E-state index contributed by atoms with van der Waals surface area (Å²) in [6, 6.07) is 0.522. The predicted octanol–water partition coefficient (Wildman–Crippen LogP) is 1.79. The number of hydrogen-bond donors (Lipinski definition) is 1. The van der Waals surface area contributed by atoms with E-state index in [-0.39, 0.29) is 5.41 Å². The van der Waals surface area contributed by atoms with Crippen molar-refractivity contribution in [1.29, 1.82) is 0 Å². The van der Waals surface area contributed by atoms with E-state index in [9.17, 15) is 4.79 Å². The first-order chi connectivity index (χ1) is 9.75. The molecule has 4 heteroatoms. The van der Waals surface area contributed by atoms with E-state index in [1.165, 1.54) is 12.8 Å². The highest BCUT2D eigenvalue weighted by atomic mass is 16.5. The quantitative estimate of drug-likeness (QED) is 0.835. The van der Waals surface area contributed by atoms with Crippen molar-refractivity contribution in [3.05, 3.63) is 0 Å². The van der Waals surface area contributed by atoms with Crippen LogP contribution in [0, 0.1) is 11.3 Å². The summed E-state index contributed by atoms with van der Waals surface area (Å²) >= 11 is 0. The summed E-state index contributed by atoms with van der Waals surface area (Å²) in [6.45, 7) is 6.74. The van der Waals surface area contributed by atoms with Gasteiger partial charge in [-0.05, 0) is 45.1 Å². The molecule has 114 valence electrons. The number of rotatable bonds is 5. The van der Waals surface area contributed by atoms with Gasteiger partial charge in [-0.3, -0.25) is 4.79 Å². The van der Waals surface area contributed by atoms with Gasteiger partial charge in [0, 0.05) is 31.7 Å². The molecule has 1 amide bonds. The maximum Gasteiger partial charge on any atom is 0.230 e. The summed E-state index contributed by atoms with van der Waals surface area (Å²) in [4.78, 5) is 15.4. The third-order valence-corrected chi connectivity index (χ3v) is 5.33. The van der Waals surface area contributed by atoms with Crippen molar-refractivity contribution in [2.75, 3.05) is 32.8 Å². The Bertz CT molecular complexity index is 342. The van der Waals surface area contributed by atoms with Crippen molar-refractivity contribution >= 4 is 5.91 Å². The Morgan fingerprint density at radius 2 is 2.25 bits per heavy atom. The fourth-order valence-corrected chi connectivity index (χ4v) is 3.70. The molecule has 2 heterocycles. The minimum atomic E-state index is -0.139. The maximum absolute atomic E-state index is 13.2. The molecule has 3 fully saturated rings. The monoisotopic (exact) mass is 280 g/mol. The van der Waals surface area contributed by atoms with E-state index in [2.05, 4.69) is 17.1 Å². The first-order valence-electron chi connectivity index (χ1n) is 8.35. The van der Waals surface area contributed by atoms with Gasteiger partial charge in [0.05, 0.1) is 12.0 Å². The molecule has 3 rings (SSSR count). The number of hydrogen-bond acceptors (Lipinski definition) is 3. The molecule has 0 aromatic heterocycles. The summed E-state index contributed by atoms with van der Waals surface area (Å²) in [7, 11) is 0. The van der Waals surface area contributed by atoms with Crippen LogP contribution in [0.1, 0.15) is 45.4 Å². The van der Waals surface area contributed by atoms with E-state index in [0.29, 0.717) is 17.9 Å². The Morgan fingerprint density at radius 3 is 2.80 bits per heavy atom. The minimum Gasteiger partial charge on any atom is -0.381 e. The topological polar surface area (TPSA) is 41.6 Å². The van der Waals surface area contributed by atoms with Crippen LogP contribution in [0.25, 0.3) is 0 Å². The van der Waals surface area contributed by atoms with Gasteiger partial charge >= 0.3 is 0 Å². The Kier molecular flexibility index (Phi) is 4.32. The largest absolute Gasteiger partial charge is 0.381 e. The summed E-state index contributed by atoms with van der Waals surface area (Å²) in [5, 5.41) is 3.44. The third-order valence-electron chi connectivity index (χ3n) is 5.33. The molecule has 2 saturated heterocycles. The molecule has 3 aliphatic rings. The molecular formula is C16H28N2O2. The highest BCUT2D eigenvalue weighted by molar-refractivity contribution is 5.83. The average Bonchev–Trinajstić information content (AvgIpc) is 3.21. The van der Waals surface area contributed by atoms with Crippen LogP contribution < -0.4 is 5.32 Å². The number of carbonyl (C=O) groups is 1. The summed E-state index contributed by atoms with van der Waals surface area (Å²) in [5.41, 5.74) is -0.139. The normalized spacial score (nSPS) is 34.1. The van der Waals surface area contributed by atoms with Gasteiger partial charge < -0.3 is 15.0 Å². The average molecular weight is 280 g/mol. The molecule has 2 aliphatic heterocycles. The SMILES string of the molecule is CCC1(C(=O)N(CC2CCOC2)C2CC2)CCCNC1. The molecule has 4 nitrogen and oxygen atoms in total. The third kappa shape index (κ3) is 2.86. The lowest BCUT2D eigenvalue weighted by molar-refractivity contribution is -0.145. The van der Waals surface area contributed by atoms with Crippen molar-refractivity contribution in [2.45, 2.75) is 51.5 Å². The molecule has 20 heavy (non-hydrogen) atoms. The number of ether oxygens (including phenoxy) is 1. The van der Waals surface area contributed by atoms with Crippen LogP contribution in [0.4, 0.5) is 0 Å². The number of piperidine rings is 1. The zero-order chi connectivity index (χ0) is 14.0.